The van der Waals surface area contributed by atoms with E-state index >= 15 is 0 Å². The Kier molecular flexibility index (Phi) is 9.32. The highest BCUT2D eigenvalue weighted by atomic mass is 33.1. The molecule has 0 aliphatic carbocycles. The van der Waals surface area contributed by atoms with Gasteiger partial charge in [-0.05, 0) is 12.7 Å². The smallest absolute Gasteiger partial charge is 0.219 e. The minimum absolute atomic E-state index is 0.104. The van der Waals surface area contributed by atoms with Crippen LogP contribution >= 0.6 is 21.9 Å². The Morgan fingerprint density at radius 1 is 1.58 bits per heavy atom. The highest BCUT2D eigenvalue weighted by Crippen LogP contribution is 2.17. The summed E-state index contributed by atoms with van der Waals surface area (Å²) < 4.78 is 5.13. The van der Waals surface area contributed by atoms with Gasteiger partial charge >= 0.3 is 0 Å². The second-order valence-corrected chi connectivity index (χ2v) is 4.23. The van der Waals surface area contributed by atoms with Crippen molar-refractivity contribution in [2.24, 2.45) is 0 Å². The molecular formula is C7H15NO2S2. The third kappa shape index (κ3) is 8.23. The van der Waals surface area contributed by atoms with Gasteiger partial charge in [0.05, 0.1) is 17.7 Å². The number of carbonyl (C=O) groups is 1. The Labute approximate surface area is 81.6 Å². The van der Waals surface area contributed by atoms with Crippen LogP contribution in [-0.2, 0) is 8.98 Å². The molecule has 0 radical (unpaired) electrons. The molecule has 0 spiro atoms. The van der Waals surface area contributed by atoms with Crippen molar-refractivity contribution in [3.05, 3.63) is 0 Å². The first kappa shape index (κ1) is 12.1. The Hall–Kier alpha value is 0.130. The SMILES string of the molecule is CCC(=O)NCCCOSSC. The van der Waals surface area contributed by atoms with Crippen LogP contribution in [0.3, 0.4) is 0 Å². The van der Waals surface area contributed by atoms with E-state index in [1.54, 1.807) is 10.8 Å². The van der Waals surface area contributed by atoms with Crippen molar-refractivity contribution in [1.82, 2.24) is 5.32 Å². The monoisotopic (exact) mass is 209 g/mol. The van der Waals surface area contributed by atoms with Crippen LogP contribution in [0.15, 0.2) is 0 Å². The van der Waals surface area contributed by atoms with Crippen LogP contribution < -0.4 is 5.32 Å². The lowest BCUT2D eigenvalue weighted by atomic mass is 10.4. The molecule has 5 heteroatoms. The van der Waals surface area contributed by atoms with Gasteiger partial charge in [-0.3, -0.25) is 4.79 Å². The second kappa shape index (κ2) is 9.22. The van der Waals surface area contributed by atoms with Gasteiger partial charge in [0, 0.05) is 13.0 Å². The lowest BCUT2D eigenvalue weighted by Crippen LogP contribution is -2.23. The van der Waals surface area contributed by atoms with E-state index in [1.165, 1.54) is 11.1 Å². The lowest BCUT2D eigenvalue weighted by Gasteiger charge is -2.02. The van der Waals surface area contributed by atoms with Crippen molar-refractivity contribution in [2.45, 2.75) is 19.8 Å². The maximum atomic E-state index is 10.7. The Morgan fingerprint density at radius 2 is 2.33 bits per heavy atom. The van der Waals surface area contributed by atoms with Gasteiger partial charge < -0.3 is 9.50 Å². The van der Waals surface area contributed by atoms with Gasteiger partial charge in [0.25, 0.3) is 0 Å². The molecule has 0 aromatic carbocycles. The third-order valence-electron chi connectivity index (χ3n) is 1.16. The molecule has 0 aliphatic rings. The van der Waals surface area contributed by atoms with Crippen molar-refractivity contribution in [3.63, 3.8) is 0 Å². The van der Waals surface area contributed by atoms with Crippen LogP contribution in [0, 0.1) is 0 Å². The van der Waals surface area contributed by atoms with Gasteiger partial charge in [-0.15, -0.1) is 0 Å². The zero-order valence-electron chi connectivity index (χ0n) is 7.46. The molecule has 0 rings (SSSR count). The van der Waals surface area contributed by atoms with E-state index in [0.717, 1.165) is 6.42 Å². The van der Waals surface area contributed by atoms with E-state index in [9.17, 15) is 4.79 Å². The average Bonchev–Trinajstić information content (AvgIpc) is 2.10. The Balaban J connectivity index is 2.95. The van der Waals surface area contributed by atoms with Gasteiger partial charge in [-0.2, -0.15) is 0 Å². The molecule has 0 saturated carbocycles. The molecule has 1 amide bonds. The van der Waals surface area contributed by atoms with Crippen LogP contribution in [0.2, 0.25) is 0 Å². The first-order valence-electron chi connectivity index (χ1n) is 3.90. The molecule has 0 fully saturated rings. The summed E-state index contributed by atoms with van der Waals surface area (Å²) in [6, 6.07) is 0. The standard InChI is InChI=1S/C7H15NO2S2/c1-3-7(9)8-5-4-6-10-12-11-2/h3-6H2,1-2H3,(H,8,9). The fourth-order valence-electron chi connectivity index (χ4n) is 0.566. The predicted molar refractivity (Wildman–Crippen MR) is 55.0 cm³/mol. The minimum atomic E-state index is 0.104. The highest BCUT2D eigenvalue weighted by Gasteiger charge is 1.94. The average molecular weight is 209 g/mol. The number of hydrogen-bond donors (Lipinski definition) is 1. The van der Waals surface area contributed by atoms with Gasteiger partial charge in [0.1, 0.15) is 0 Å². The second-order valence-electron chi connectivity index (χ2n) is 2.11. The summed E-state index contributed by atoms with van der Waals surface area (Å²) in [5, 5.41) is 2.77. The summed E-state index contributed by atoms with van der Waals surface area (Å²) in [5.74, 6) is 0.104. The van der Waals surface area contributed by atoms with E-state index in [4.69, 9.17) is 4.18 Å². The molecule has 0 heterocycles. The fraction of sp³-hybridized carbons (Fsp3) is 0.857. The largest absolute Gasteiger partial charge is 0.356 e. The minimum Gasteiger partial charge on any atom is -0.356 e. The molecule has 0 bridgehead atoms. The molecule has 0 saturated heterocycles. The summed E-state index contributed by atoms with van der Waals surface area (Å²) in [6.45, 7) is 3.24. The van der Waals surface area contributed by atoms with Gasteiger partial charge in [0.2, 0.25) is 5.91 Å². The van der Waals surface area contributed by atoms with Crippen molar-refractivity contribution < 1.29 is 8.98 Å². The van der Waals surface area contributed by atoms with Gasteiger partial charge in [-0.1, -0.05) is 17.7 Å². The number of rotatable bonds is 7. The van der Waals surface area contributed by atoms with Crippen molar-refractivity contribution in [3.8, 4) is 0 Å². The van der Waals surface area contributed by atoms with E-state index < -0.39 is 0 Å². The highest BCUT2D eigenvalue weighted by molar-refractivity contribution is 8.74. The zero-order chi connectivity index (χ0) is 9.23. The molecule has 1 N–H and O–H groups in total. The summed E-state index contributed by atoms with van der Waals surface area (Å²) in [6.07, 6.45) is 3.39. The van der Waals surface area contributed by atoms with Crippen molar-refractivity contribution >= 4 is 27.8 Å². The number of carbonyl (C=O) groups excluding carboxylic acids is 1. The topological polar surface area (TPSA) is 38.3 Å². The summed E-state index contributed by atoms with van der Waals surface area (Å²) in [7, 11) is 1.58. The molecule has 72 valence electrons. The number of hydrogen-bond acceptors (Lipinski definition) is 4. The predicted octanol–water partition coefficient (Wildman–Crippen LogP) is 1.85. The molecule has 12 heavy (non-hydrogen) atoms. The quantitative estimate of drug-likeness (QED) is 0.394. The van der Waals surface area contributed by atoms with Crippen LogP contribution in [0.5, 0.6) is 0 Å². The Morgan fingerprint density at radius 3 is 2.92 bits per heavy atom. The maximum absolute atomic E-state index is 10.7. The van der Waals surface area contributed by atoms with Crippen LogP contribution in [0.25, 0.3) is 0 Å². The zero-order valence-corrected chi connectivity index (χ0v) is 9.09. The Bertz CT molecular complexity index is 122. The van der Waals surface area contributed by atoms with Crippen molar-refractivity contribution in [2.75, 3.05) is 19.4 Å². The van der Waals surface area contributed by atoms with E-state index in [0.29, 0.717) is 19.6 Å². The van der Waals surface area contributed by atoms with Gasteiger partial charge in [0.15, 0.2) is 0 Å². The number of amides is 1. The lowest BCUT2D eigenvalue weighted by molar-refractivity contribution is -0.120. The van der Waals surface area contributed by atoms with Crippen LogP contribution in [0.1, 0.15) is 19.8 Å². The molecule has 0 aromatic rings. The summed E-state index contributed by atoms with van der Waals surface area (Å²) >= 11 is 1.38. The van der Waals surface area contributed by atoms with Gasteiger partial charge in [-0.25, -0.2) is 0 Å². The fourth-order valence-corrected chi connectivity index (χ4v) is 1.34. The van der Waals surface area contributed by atoms with Crippen molar-refractivity contribution in [1.29, 1.82) is 0 Å². The molecule has 0 atom stereocenters. The normalized spacial score (nSPS) is 9.83. The molecule has 0 aromatic heterocycles. The first-order valence-corrected chi connectivity index (χ1v) is 6.38. The van der Waals surface area contributed by atoms with Crippen LogP contribution in [0.4, 0.5) is 0 Å². The molecule has 0 unspecified atom stereocenters. The summed E-state index contributed by atoms with van der Waals surface area (Å²) in [5.41, 5.74) is 0. The first-order chi connectivity index (χ1) is 5.81. The van der Waals surface area contributed by atoms with E-state index in [-0.39, 0.29) is 5.91 Å². The third-order valence-corrected chi connectivity index (χ3v) is 2.26. The maximum Gasteiger partial charge on any atom is 0.219 e. The molecule has 3 nitrogen and oxygen atoms in total. The molecule has 0 aliphatic heterocycles. The number of nitrogens with one attached hydrogen (secondary N) is 1. The summed E-state index contributed by atoms with van der Waals surface area (Å²) in [4.78, 5) is 10.7. The van der Waals surface area contributed by atoms with E-state index in [1.807, 2.05) is 13.2 Å². The van der Waals surface area contributed by atoms with Crippen LogP contribution in [-0.4, -0.2) is 25.3 Å². The molecular weight excluding hydrogens is 194 g/mol. The van der Waals surface area contributed by atoms with E-state index in [2.05, 4.69) is 5.32 Å².